The monoisotopic (exact) mass is 405 g/mol. The molecule has 9 heteroatoms. The van der Waals surface area contributed by atoms with Gasteiger partial charge < -0.3 is 10.2 Å². The van der Waals surface area contributed by atoms with E-state index >= 15 is 0 Å². The number of nitrogens with one attached hydrogen (secondary N) is 2. The highest BCUT2D eigenvalue weighted by molar-refractivity contribution is 7.89. The Morgan fingerprint density at radius 2 is 1.85 bits per heavy atom. The van der Waals surface area contributed by atoms with E-state index in [4.69, 9.17) is 0 Å². The van der Waals surface area contributed by atoms with Crippen LogP contribution in [0.2, 0.25) is 0 Å². The first-order valence-electron chi connectivity index (χ1n) is 8.57. The van der Waals surface area contributed by atoms with E-state index in [9.17, 15) is 17.6 Å². The topological polar surface area (TPSA) is 78.5 Å². The fourth-order valence-corrected chi connectivity index (χ4v) is 5.11. The van der Waals surface area contributed by atoms with Crippen molar-refractivity contribution >= 4 is 28.3 Å². The normalized spacial score (nSPS) is 26.0. The summed E-state index contributed by atoms with van der Waals surface area (Å²) in [4.78, 5) is 13.8. The summed E-state index contributed by atoms with van der Waals surface area (Å²) in [6, 6.07) is 5.15. The van der Waals surface area contributed by atoms with Crippen molar-refractivity contribution in [3.05, 3.63) is 30.1 Å². The molecular weight excluding hydrogens is 381 g/mol. The number of benzene rings is 1. The van der Waals surface area contributed by atoms with Gasteiger partial charge in [-0.25, -0.2) is 12.8 Å². The molecule has 2 heterocycles. The number of carbonyl (C=O) groups is 1. The van der Waals surface area contributed by atoms with Crippen LogP contribution in [0.15, 0.2) is 29.2 Å². The van der Waals surface area contributed by atoms with E-state index in [0.29, 0.717) is 12.1 Å². The summed E-state index contributed by atoms with van der Waals surface area (Å²) >= 11 is 0. The van der Waals surface area contributed by atoms with E-state index < -0.39 is 26.8 Å². The Hall–Kier alpha value is -1.22. The second-order valence-electron chi connectivity index (χ2n) is 6.99. The minimum Gasteiger partial charge on any atom is -0.341 e. The van der Waals surface area contributed by atoms with Crippen LogP contribution in [0.1, 0.15) is 32.6 Å². The van der Waals surface area contributed by atoms with Gasteiger partial charge in [0.1, 0.15) is 10.7 Å². The number of amides is 1. The lowest BCUT2D eigenvalue weighted by molar-refractivity contribution is -0.134. The number of hydrogen-bond acceptors (Lipinski definition) is 4. The molecule has 1 amide bonds. The van der Waals surface area contributed by atoms with Gasteiger partial charge in [0.2, 0.25) is 15.9 Å². The lowest BCUT2D eigenvalue weighted by Crippen LogP contribution is -2.53. The molecule has 26 heavy (non-hydrogen) atoms. The number of nitrogens with zero attached hydrogens (tertiary/aromatic N) is 1. The molecule has 1 aromatic rings. The van der Waals surface area contributed by atoms with E-state index in [1.165, 1.54) is 25.1 Å². The lowest BCUT2D eigenvalue weighted by atomic mass is 9.98. The molecule has 146 valence electrons. The smallest absolute Gasteiger partial charge is 0.244 e. The summed E-state index contributed by atoms with van der Waals surface area (Å²) in [6.07, 6.45) is 4.01. The number of sulfonamides is 1. The van der Waals surface area contributed by atoms with Crippen molar-refractivity contribution in [2.75, 3.05) is 7.05 Å². The zero-order chi connectivity index (χ0) is 18.2. The molecule has 1 aromatic carbocycles. The first-order chi connectivity index (χ1) is 11.8. The molecule has 2 saturated heterocycles. The van der Waals surface area contributed by atoms with Gasteiger partial charge in [0, 0.05) is 25.2 Å². The second-order valence-corrected chi connectivity index (χ2v) is 8.67. The molecule has 2 bridgehead atoms. The molecule has 3 unspecified atom stereocenters. The highest BCUT2D eigenvalue weighted by Crippen LogP contribution is 2.29. The maximum atomic E-state index is 13.8. The highest BCUT2D eigenvalue weighted by Gasteiger charge is 2.37. The number of carbonyl (C=O) groups excluding carboxylic acids is 1. The summed E-state index contributed by atoms with van der Waals surface area (Å²) in [5, 5.41) is 3.52. The van der Waals surface area contributed by atoms with E-state index in [0.717, 1.165) is 31.7 Å². The van der Waals surface area contributed by atoms with Gasteiger partial charge in [0.05, 0.1) is 6.04 Å². The Balaban J connectivity index is 0.00000243. The van der Waals surface area contributed by atoms with Gasteiger partial charge in [-0.05, 0) is 44.7 Å². The number of halogens is 2. The first-order valence-corrected chi connectivity index (χ1v) is 10.1. The third-order valence-electron chi connectivity index (χ3n) is 5.17. The van der Waals surface area contributed by atoms with Crippen molar-refractivity contribution in [2.24, 2.45) is 0 Å². The van der Waals surface area contributed by atoms with Crippen molar-refractivity contribution in [1.82, 2.24) is 14.9 Å². The minimum absolute atomic E-state index is 0. The van der Waals surface area contributed by atoms with E-state index in [2.05, 4.69) is 10.0 Å². The Labute approximate surface area is 160 Å². The quantitative estimate of drug-likeness (QED) is 0.780. The second kappa shape index (κ2) is 8.21. The van der Waals surface area contributed by atoms with Crippen LogP contribution >= 0.6 is 12.4 Å². The molecule has 0 saturated carbocycles. The average Bonchev–Trinajstić information content (AvgIpc) is 2.91. The van der Waals surface area contributed by atoms with E-state index in [1.54, 1.807) is 11.9 Å². The van der Waals surface area contributed by atoms with Crippen molar-refractivity contribution in [1.29, 1.82) is 0 Å². The molecule has 2 aliphatic rings. The maximum Gasteiger partial charge on any atom is 0.244 e. The number of fused-ring (bicyclic) bond motifs is 2. The van der Waals surface area contributed by atoms with Crippen LogP contribution in [-0.4, -0.2) is 50.4 Å². The van der Waals surface area contributed by atoms with Crippen LogP contribution in [0, 0.1) is 5.82 Å². The van der Waals surface area contributed by atoms with Gasteiger partial charge in [0.25, 0.3) is 0 Å². The van der Waals surface area contributed by atoms with Crippen LogP contribution in [0.25, 0.3) is 0 Å². The largest absolute Gasteiger partial charge is 0.341 e. The van der Waals surface area contributed by atoms with Crippen LogP contribution in [0.4, 0.5) is 4.39 Å². The molecule has 0 radical (unpaired) electrons. The Bertz CT molecular complexity index is 749. The fourth-order valence-electron chi connectivity index (χ4n) is 3.84. The van der Waals surface area contributed by atoms with E-state index in [1.807, 2.05) is 0 Å². The van der Waals surface area contributed by atoms with Gasteiger partial charge in [0.15, 0.2) is 0 Å². The van der Waals surface area contributed by atoms with Gasteiger partial charge in [-0.3, -0.25) is 4.79 Å². The highest BCUT2D eigenvalue weighted by atomic mass is 35.5. The molecule has 3 rings (SSSR count). The first kappa shape index (κ1) is 21.1. The molecule has 0 aliphatic carbocycles. The maximum absolute atomic E-state index is 13.8. The molecule has 0 spiro atoms. The molecule has 0 aromatic heterocycles. The molecule has 2 aliphatic heterocycles. The summed E-state index contributed by atoms with van der Waals surface area (Å²) in [6.45, 7) is 1.49. The molecular formula is C17H25ClFN3O3S. The minimum atomic E-state index is -4.09. The van der Waals surface area contributed by atoms with Crippen molar-refractivity contribution in [2.45, 2.75) is 61.7 Å². The average molecular weight is 406 g/mol. The van der Waals surface area contributed by atoms with Crippen molar-refractivity contribution < 1.29 is 17.6 Å². The number of hydrogen-bond donors (Lipinski definition) is 2. The third-order valence-corrected chi connectivity index (χ3v) is 6.75. The predicted octanol–water partition coefficient (Wildman–Crippen LogP) is 1.66. The fraction of sp³-hybridized carbons (Fsp3) is 0.588. The predicted molar refractivity (Wildman–Crippen MR) is 99.2 cm³/mol. The zero-order valence-corrected chi connectivity index (χ0v) is 16.4. The van der Waals surface area contributed by atoms with Gasteiger partial charge in [-0.2, -0.15) is 4.72 Å². The molecule has 2 N–H and O–H groups in total. The standard InChI is InChI=1S/C17H24FN3O3S.ClH/c1-11(20-25(23,24)16-6-4-3-5-15(16)18)17(22)21(2)14-9-12-7-8-13(10-14)19-12;/h3-6,11-14,19-20H,7-10H2,1-2H3;1H. The van der Waals surface area contributed by atoms with Gasteiger partial charge in [-0.1, -0.05) is 12.1 Å². The number of rotatable bonds is 5. The summed E-state index contributed by atoms with van der Waals surface area (Å²) in [5.41, 5.74) is 0. The number of piperidine rings is 1. The lowest BCUT2D eigenvalue weighted by Gasteiger charge is -2.36. The summed E-state index contributed by atoms with van der Waals surface area (Å²) < 4.78 is 40.8. The Morgan fingerprint density at radius 1 is 1.27 bits per heavy atom. The van der Waals surface area contributed by atoms with Gasteiger partial charge >= 0.3 is 0 Å². The van der Waals surface area contributed by atoms with Crippen molar-refractivity contribution in [3.8, 4) is 0 Å². The van der Waals surface area contributed by atoms with Crippen LogP contribution in [-0.2, 0) is 14.8 Å². The van der Waals surface area contributed by atoms with Gasteiger partial charge in [-0.15, -0.1) is 12.4 Å². The number of likely N-dealkylation sites (N-methyl/N-ethyl adjacent to an activating group) is 1. The SMILES string of the molecule is CC(NS(=O)(=O)c1ccccc1F)C(=O)N(C)C1CC2CCC(C1)N2.Cl. The molecule has 2 fully saturated rings. The molecule has 6 nitrogen and oxygen atoms in total. The van der Waals surface area contributed by atoms with Crippen LogP contribution in [0.3, 0.4) is 0 Å². The Morgan fingerprint density at radius 3 is 2.42 bits per heavy atom. The van der Waals surface area contributed by atoms with E-state index in [-0.39, 0.29) is 24.4 Å². The molecule has 3 atom stereocenters. The summed E-state index contributed by atoms with van der Waals surface area (Å²) in [7, 11) is -2.38. The zero-order valence-electron chi connectivity index (χ0n) is 14.8. The summed E-state index contributed by atoms with van der Waals surface area (Å²) in [5.74, 6) is -1.14. The van der Waals surface area contributed by atoms with Crippen molar-refractivity contribution in [3.63, 3.8) is 0 Å². The third kappa shape index (κ3) is 4.36. The Kier molecular flexibility index (Phi) is 6.65. The van der Waals surface area contributed by atoms with Crippen LogP contribution < -0.4 is 10.0 Å². The van der Waals surface area contributed by atoms with Crippen LogP contribution in [0.5, 0.6) is 0 Å².